The minimum absolute atomic E-state index is 0.112. The lowest BCUT2D eigenvalue weighted by Gasteiger charge is -2.13. The molecule has 0 saturated carbocycles. The first kappa shape index (κ1) is 13.8. The van der Waals surface area contributed by atoms with Gasteiger partial charge in [0.05, 0.1) is 6.61 Å². The molecular weight excluding hydrogens is 242 g/mol. The van der Waals surface area contributed by atoms with Gasteiger partial charge < -0.3 is 15.2 Å². The minimum Gasteiger partial charge on any atom is -0.508 e. The predicted octanol–water partition coefficient (Wildman–Crippen LogP) is 2.09. The maximum Gasteiger partial charge on any atom is 0.322 e. The van der Waals surface area contributed by atoms with E-state index in [9.17, 15) is 9.90 Å². The van der Waals surface area contributed by atoms with Gasteiger partial charge in [-0.1, -0.05) is 17.7 Å². The second-order valence-electron chi connectivity index (χ2n) is 3.59. The Kier molecular flexibility index (Phi) is 5.25. The van der Waals surface area contributed by atoms with E-state index in [0.29, 0.717) is 23.7 Å². The minimum atomic E-state index is -0.439. The lowest BCUT2D eigenvalue weighted by molar-refractivity contribution is -0.145. The molecule has 1 aromatic rings. The molecule has 2 N–H and O–H groups in total. The van der Waals surface area contributed by atoms with Gasteiger partial charge in [0.1, 0.15) is 11.8 Å². The average Bonchev–Trinajstić information content (AvgIpc) is 2.28. The summed E-state index contributed by atoms with van der Waals surface area (Å²) in [5.41, 5.74) is 0.574. The molecule has 0 heterocycles. The number of rotatable bonds is 5. The van der Waals surface area contributed by atoms with Gasteiger partial charge >= 0.3 is 5.97 Å². The topological polar surface area (TPSA) is 58.6 Å². The SMILES string of the molecule is CCOC(=O)C(C)NCc1c(O)cccc1Cl. The van der Waals surface area contributed by atoms with Gasteiger partial charge in [0.2, 0.25) is 0 Å². The van der Waals surface area contributed by atoms with E-state index < -0.39 is 6.04 Å². The van der Waals surface area contributed by atoms with E-state index in [2.05, 4.69) is 5.32 Å². The average molecular weight is 258 g/mol. The molecule has 5 heteroatoms. The zero-order valence-corrected chi connectivity index (χ0v) is 10.6. The monoisotopic (exact) mass is 257 g/mol. The fourth-order valence-electron chi connectivity index (χ4n) is 1.33. The molecule has 0 aliphatic carbocycles. The molecule has 0 bridgehead atoms. The van der Waals surface area contributed by atoms with Gasteiger partial charge in [0.25, 0.3) is 0 Å². The van der Waals surface area contributed by atoms with Crippen molar-refractivity contribution in [2.75, 3.05) is 6.61 Å². The molecule has 0 radical (unpaired) electrons. The maximum atomic E-state index is 11.4. The van der Waals surface area contributed by atoms with E-state index in [1.54, 1.807) is 32.0 Å². The summed E-state index contributed by atoms with van der Waals surface area (Å²) in [4.78, 5) is 11.4. The number of phenols is 1. The molecule has 94 valence electrons. The lowest BCUT2D eigenvalue weighted by atomic mass is 10.2. The van der Waals surface area contributed by atoms with Crippen LogP contribution in [-0.4, -0.2) is 23.7 Å². The largest absolute Gasteiger partial charge is 0.508 e. The van der Waals surface area contributed by atoms with Crippen LogP contribution < -0.4 is 5.32 Å². The van der Waals surface area contributed by atoms with Crippen molar-refractivity contribution in [1.82, 2.24) is 5.32 Å². The Morgan fingerprint density at radius 1 is 1.59 bits per heavy atom. The Morgan fingerprint density at radius 3 is 2.88 bits per heavy atom. The van der Waals surface area contributed by atoms with Crippen molar-refractivity contribution in [3.05, 3.63) is 28.8 Å². The summed E-state index contributed by atoms with van der Waals surface area (Å²) in [5.74, 6) is -0.208. The summed E-state index contributed by atoms with van der Waals surface area (Å²) in [6.45, 7) is 4.12. The number of phenolic OH excluding ortho intramolecular Hbond substituents is 1. The molecular formula is C12H16ClNO3. The van der Waals surface area contributed by atoms with Crippen molar-refractivity contribution >= 4 is 17.6 Å². The van der Waals surface area contributed by atoms with Gasteiger partial charge in [-0.3, -0.25) is 4.79 Å². The standard InChI is InChI=1S/C12H16ClNO3/c1-3-17-12(16)8(2)14-7-9-10(13)5-4-6-11(9)15/h4-6,8,14-15H,3,7H2,1-2H3. The number of nitrogens with one attached hydrogen (secondary N) is 1. The summed E-state index contributed by atoms with van der Waals surface area (Å²) in [6.07, 6.45) is 0. The quantitative estimate of drug-likeness (QED) is 0.793. The molecule has 0 saturated heterocycles. The molecule has 1 unspecified atom stereocenters. The highest BCUT2D eigenvalue weighted by Gasteiger charge is 2.14. The van der Waals surface area contributed by atoms with Gasteiger partial charge in [-0.25, -0.2) is 0 Å². The van der Waals surface area contributed by atoms with Gasteiger partial charge in [-0.15, -0.1) is 0 Å². The highest BCUT2D eigenvalue weighted by molar-refractivity contribution is 6.31. The Balaban J connectivity index is 2.58. The molecule has 1 atom stereocenters. The van der Waals surface area contributed by atoms with E-state index in [0.717, 1.165) is 0 Å². The molecule has 4 nitrogen and oxygen atoms in total. The second-order valence-corrected chi connectivity index (χ2v) is 4.00. The van der Waals surface area contributed by atoms with Gasteiger partial charge in [0.15, 0.2) is 0 Å². The lowest BCUT2D eigenvalue weighted by Crippen LogP contribution is -2.34. The van der Waals surface area contributed by atoms with E-state index in [4.69, 9.17) is 16.3 Å². The van der Waals surface area contributed by atoms with Crippen LogP contribution in [0.3, 0.4) is 0 Å². The first-order chi connectivity index (χ1) is 8.06. The number of carbonyl (C=O) groups excluding carboxylic acids is 1. The van der Waals surface area contributed by atoms with E-state index in [-0.39, 0.29) is 11.7 Å². The third-order valence-electron chi connectivity index (χ3n) is 2.32. The Labute approximate surface area is 106 Å². The molecule has 0 spiro atoms. The molecule has 17 heavy (non-hydrogen) atoms. The van der Waals surface area contributed by atoms with Crippen molar-refractivity contribution in [2.24, 2.45) is 0 Å². The van der Waals surface area contributed by atoms with Crippen LogP contribution in [0.25, 0.3) is 0 Å². The van der Waals surface area contributed by atoms with Crippen LogP contribution in [0.5, 0.6) is 5.75 Å². The van der Waals surface area contributed by atoms with Crippen LogP contribution in [0.4, 0.5) is 0 Å². The highest BCUT2D eigenvalue weighted by Crippen LogP contribution is 2.24. The number of hydrogen-bond donors (Lipinski definition) is 2. The van der Waals surface area contributed by atoms with Crippen LogP contribution >= 0.6 is 11.6 Å². The molecule has 0 aliphatic rings. The Morgan fingerprint density at radius 2 is 2.29 bits per heavy atom. The predicted molar refractivity (Wildman–Crippen MR) is 66.1 cm³/mol. The van der Waals surface area contributed by atoms with Crippen LogP contribution in [0, 0.1) is 0 Å². The zero-order chi connectivity index (χ0) is 12.8. The Bertz CT molecular complexity index is 375. The third-order valence-corrected chi connectivity index (χ3v) is 2.67. The van der Waals surface area contributed by atoms with Crippen LogP contribution in [0.2, 0.25) is 5.02 Å². The molecule has 1 rings (SSSR count). The van der Waals surface area contributed by atoms with Crippen molar-refractivity contribution in [1.29, 1.82) is 0 Å². The summed E-state index contributed by atoms with van der Waals surface area (Å²) < 4.78 is 4.86. The summed E-state index contributed by atoms with van der Waals surface area (Å²) in [7, 11) is 0. The smallest absolute Gasteiger partial charge is 0.322 e. The normalized spacial score (nSPS) is 12.2. The van der Waals surface area contributed by atoms with Gasteiger partial charge in [0, 0.05) is 17.1 Å². The highest BCUT2D eigenvalue weighted by atomic mass is 35.5. The molecule has 0 fully saturated rings. The summed E-state index contributed by atoms with van der Waals surface area (Å²) in [5, 5.41) is 13.0. The first-order valence-electron chi connectivity index (χ1n) is 5.42. The van der Waals surface area contributed by atoms with Crippen LogP contribution in [0.15, 0.2) is 18.2 Å². The molecule has 0 aliphatic heterocycles. The molecule has 1 aromatic carbocycles. The van der Waals surface area contributed by atoms with Crippen LogP contribution in [0.1, 0.15) is 19.4 Å². The number of aromatic hydroxyl groups is 1. The van der Waals surface area contributed by atoms with Crippen molar-refractivity contribution < 1.29 is 14.6 Å². The number of halogens is 1. The van der Waals surface area contributed by atoms with Gasteiger partial charge in [-0.2, -0.15) is 0 Å². The number of hydrogen-bond acceptors (Lipinski definition) is 4. The summed E-state index contributed by atoms with van der Waals surface area (Å²) in [6, 6.07) is 4.46. The van der Waals surface area contributed by atoms with Crippen molar-refractivity contribution in [3.8, 4) is 5.75 Å². The number of esters is 1. The van der Waals surface area contributed by atoms with E-state index >= 15 is 0 Å². The fraction of sp³-hybridized carbons (Fsp3) is 0.417. The summed E-state index contributed by atoms with van der Waals surface area (Å²) >= 11 is 5.94. The van der Waals surface area contributed by atoms with Gasteiger partial charge in [-0.05, 0) is 26.0 Å². The first-order valence-corrected chi connectivity index (χ1v) is 5.80. The number of ether oxygens (including phenoxy) is 1. The van der Waals surface area contributed by atoms with E-state index in [1.807, 2.05) is 0 Å². The van der Waals surface area contributed by atoms with Crippen molar-refractivity contribution in [2.45, 2.75) is 26.4 Å². The fourth-order valence-corrected chi connectivity index (χ4v) is 1.56. The Hall–Kier alpha value is -1.26. The number of carbonyl (C=O) groups is 1. The maximum absolute atomic E-state index is 11.4. The molecule has 0 aromatic heterocycles. The third kappa shape index (κ3) is 3.91. The van der Waals surface area contributed by atoms with E-state index in [1.165, 1.54) is 0 Å². The zero-order valence-electron chi connectivity index (χ0n) is 9.87. The van der Waals surface area contributed by atoms with Crippen LogP contribution in [-0.2, 0) is 16.1 Å². The molecule has 0 amide bonds. The second kappa shape index (κ2) is 6.47. The number of benzene rings is 1. The van der Waals surface area contributed by atoms with Crippen molar-refractivity contribution in [3.63, 3.8) is 0 Å².